The Morgan fingerprint density at radius 3 is 2.89 bits per heavy atom. The van der Waals surface area contributed by atoms with Crippen molar-refractivity contribution >= 4 is 11.6 Å². The van der Waals surface area contributed by atoms with Crippen LogP contribution in [-0.2, 0) is 0 Å². The average molecular weight is 144 g/mol. The molecule has 0 bridgehead atoms. The van der Waals surface area contributed by atoms with Crippen LogP contribution in [0.15, 0.2) is 10.7 Å². The molecule has 0 aliphatic heterocycles. The Hall–Kier alpha value is -0.500. The molecule has 1 aromatic heterocycles. The van der Waals surface area contributed by atoms with Gasteiger partial charge in [0.2, 0.25) is 5.22 Å². The predicted octanol–water partition coefficient (Wildman–Crippen LogP) is 2.21. The molecular weight excluding hydrogens is 138 g/mol. The summed E-state index contributed by atoms with van der Waals surface area (Å²) in [6.07, 6.45) is 4.18. The van der Waals surface area contributed by atoms with Crippen LogP contribution >= 0.6 is 11.6 Å². The SMILES string of the molecule is Clc1oncc1C1CC1. The quantitative estimate of drug-likeness (QED) is 0.603. The monoisotopic (exact) mass is 143 g/mol. The number of hydrogen-bond acceptors (Lipinski definition) is 2. The average Bonchev–Trinajstić information content (AvgIpc) is 2.58. The Bertz CT molecular complexity index is 217. The lowest BCUT2D eigenvalue weighted by Crippen LogP contribution is -1.70. The summed E-state index contributed by atoms with van der Waals surface area (Å²) in [5.74, 6) is 0.642. The lowest BCUT2D eigenvalue weighted by molar-refractivity contribution is 0.421. The van der Waals surface area contributed by atoms with Crippen LogP contribution in [0.1, 0.15) is 24.3 Å². The van der Waals surface area contributed by atoms with Crippen molar-refractivity contribution in [2.75, 3.05) is 0 Å². The zero-order valence-electron chi connectivity index (χ0n) is 4.80. The van der Waals surface area contributed by atoms with Gasteiger partial charge in [-0.1, -0.05) is 5.16 Å². The Labute approximate surface area is 57.8 Å². The van der Waals surface area contributed by atoms with E-state index in [0.29, 0.717) is 11.1 Å². The number of nitrogens with zero attached hydrogens (tertiary/aromatic N) is 1. The molecule has 1 heterocycles. The molecule has 1 aromatic rings. The van der Waals surface area contributed by atoms with Gasteiger partial charge in [-0.15, -0.1) is 0 Å². The van der Waals surface area contributed by atoms with Crippen molar-refractivity contribution in [2.45, 2.75) is 18.8 Å². The zero-order chi connectivity index (χ0) is 6.27. The highest BCUT2D eigenvalue weighted by atomic mass is 35.5. The van der Waals surface area contributed by atoms with Crippen molar-refractivity contribution in [1.82, 2.24) is 5.16 Å². The second-order valence-corrected chi connectivity index (χ2v) is 2.67. The van der Waals surface area contributed by atoms with E-state index in [1.165, 1.54) is 12.8 Å². The van der Waals surface area contributed by atoms with Crippen molar-refractivity contribution < 1.29 is 4.52 Å². The molecule has 9 heavy (non-hydrogen) atoms. The van der Waals surface area contributed by atoms with E-state index in [0.717, 1.165) is 5.56 Å². The van der Waals surface area contributed by atoms with E-state index >= 15 is 0 Å². The molecule has 0 atom stereocenters. The number of hydrogen-bond donors (Lipinski definition) is 0. The first-order valence-electron chi connectivity index (χ1n) is 2.98. The summed E-state index contributed by atoms with van der Waals surface area (Å²) in [7, 11) is 0. The maximum atomic E-state index is 5.65. The molecule has 2 nitrogen and oxygen atoms in total. The van der Waals surface area contributed by atoms with Gasteiger partial charge in [0.05, 0.1) is 6.20 Å². The second-order valence-electron chi connectivity index (χ2n) is 2.33. The largest absolute Gasteiger partial charge is 0.344 e. The molecule has 0 amide bonds. The summed E-state index contributed by atoms with van der Waals surface area (Å²) in [6, 6.07) is 0. The minimum absolute atomic E-state index is 0.470. The topological polar surface area (TPSA) is 26.0 Å². The first kappa shape index (κ1) is 5.30. The third-order valence-electron chi connectivity index (χ3n) is 1.57. The van der Waals surface area contributed by atoms with Crippen molar-refractivity contribution in [3.63, 3.8) is 0 Å². The maximum Gasteiger partial charge on any atom is 0.229 e. The second kappa shape index (κ2) is 1.74. The summed E-state index contributed by atoms with van der Waals surface area (Å²) in [4.78, 5) is 0. The van der Waals surface area contributed by atoms with Gasteiger partial charge in [-0.05, 0) is 30.4 Å². The van der Waals surface area contributed by atoms with E-state index in [9.17, 15) is 0 Å². The highest BCUT2D eigenvalue weighted by molar-refractivity contribution is 6.29. The van der Waals surface area contributed by atoms with Gasteiger partial charge in [0.25, 0.3) is 0 Å². The lowest BCUT2D eigenvalue weighted by Gasteiger charge is -1.84. The van der Waals surface area contributed by atoms with Crippen LogP contribution in [0.5, 0.6) is 0 Å². The van der Waals surface area contributed by atoms with Gasteiger partial charge in [0.1, 0.15) is 0 Å². The van der Waals surface area contributed by atoms with Gasteiger partial charge >= 0.3 is 0 Å². The molecule has 0 radical (unpaired) electrons. The van der Waals surface area contributed by atoms with E-state index in [1.807, 2.05) is 0 Å². The molecule has 1 aliphatic carbocycles. The Balaban J connectivity index is 2.35. The van der Waals surface area contributed by atoms with Crippen LogP contribution in [0.25, 0.3) is 0 Å². The standard InChI is InChI=1S/C6H6ClNO/c7-6-5(3-8-9-6)4-1-2-4/h3-4H,1-2H2. The van der Waals surface area contributed by atoms with Crippen LogP contribution in [0.2, 0.25) is 5.22 Å². The van der Waals surface area contributed by atoms with E-state index < -0.39 is 0 Å². The summed E-state index contributed by atoms with van der Waals surface area (Å²) in [5.41, 5.74) is 1.08. The molecular formula is C6H6ClNO. The number of halogens is 1. The summed E-state index contributed by atoms with van der Waals surface area (Å²) >= 11 is 5.65. The van der Waals surface area contributed by atoms with Gasteiger partial charge < -0.3 is 4.52 Å². The van der Waals surface area contributed by atoms with Crippen molar-refractivity contribution in [3.05, 3.63) is 17.0 Å². The summed E-state index contributed by atoms with van der Waals surface area (Å²) in [6.45, 7) is 0. The van der Waals surface area contributed by atoms with Crippen LogP contribution < -0.4 is 0 Å². The molecule has 3 heteroatoms. The van der Waals surface area contributed by atoms with Crippen molar-refractivity contribution in [1.29, 1.82) is 0 Å². The van der Waals surface area contributed by atoms with E-state index in [-0.39, 0.29) is 0 Å². The van der Waals surface area contributed by atoms with Crippen molar-refractivity contribution in [2.24, 2.45) is 0 Å². The zero-order valence-corrected chi connectivity index (χ0v) is 5.56. The molecule has 0 spiro atoms. The Kier molecular flexibility index (Phi) is 1.02. The molecule has 0 N–H and O–H groups in total. The smallest absolute Gasteiger partial charge is 0.229 e. The highest BCUT2D eigenvalue weighted by Crippen LogP contribution is 2.42. The van der Waals surface area contributed by atoms with Gasteiger partial charge in [-0.2, -0.15) is 0 Å². The van der Waals surface area contributed by atoms with Crippen LogP contribution in [-0.4, -0.2) is 5.16 Å². The van der Waals surface area contributed by atoms with Crippen molar-refractivity contribution in [3.8, 4) is 0 Å². The Morgan fingerprint density at radius 1 is 1.67 bits per heavy atom. The summed E-state index contributed by atoms with van der Waals surface area (Å²) in [5, 5.41) is 4.05. The van der Waals surface area contributed by atoms with Crippen LogP contribution in [0.4, 0.5) is 0 Å². The molecule has 0 unspecified atom stereocenters. The third-order valence-corrected chi connectivity index (χ3v) is 1.86. The van der Waals surface area contributed by atoms with E-state index in [1.54, 1.807) is 6.20 Å². The molecule has 1 fully saturated rings. The lowest BCUT2D eigenvalue weighted by atomic mass is 10.2. The molecule has 2 rings (SSSR count). The Morgan fingerprint density at radius 2 is 2.44 bits per heavy atom. The van der Waals surface area contributed by atoms with E-state index in [2.05, 4.69) is 9.68 Å². The summed E-state index contributed by atoms with van der Waals surface area (Å²) < 4.78 is 4.68. The minimum Gasteiger partial charge on any atom is -0.344 e. The minimum atomic E-state index is 0.470. The van der Waals surface area contributed by atoms with Crippen LogP contribution in [0, 0.1) is 0 Å². The molecule has 0 aromatic carbocycles. The van der Waals surface area contributed by atoms with Gasteiger partial charge in [0, 0.05) is 5.56 Å². The predicted molar refractivity (Wildman–Crippen MR) is 33.5 cm³/mol. The highest BCUT2D eigenvalue weighted by Gasteiger charge is 2.27. The molecule has 1 aliphatic rings. The van der Waals surface area contributed by atoms with E-state index in [4.69, 9.17) is 11.6 Å². The third kappa shape index (κ3) is 0.833. The molecule has 48 valence electrons. The number of rotatable bonds is 1. The first-order valence-corrected chi connectivity index (χ1v) is 3.36. The number of aromatic nitrogens is 1. The fraction of sp³-hybridized carbons (Fsp3) is 0.500. The maximum absolute atomic E-state index is 5.65. The fourth-order valence-corrected chi connectivity index (χ4v) is 1.14. The molecule has 1 saturated carbocycles. The first-order chi connectivity index (χ1) is 4.38. The van der Waals surface area contributed by atoms with Gasteiger partial charge in [-0.3, -0.25) is 0 Å². The fourth-order valence-electron chi connectivity index (χ4n) is 0.893. The normalized spacial score (nSPS) is 18.3. The van der Waals surface area contributed by atoms with Gasteiger partial charge in [0.15, 0.2) is 0 Å². The molecule has 0 saturated heterocycles. The van der Waals surface area contributed by atoms with Gasteiger partial charge in [-0.25, -0.2) is 0 Å². The van der Waals surface area contributed by atoms with Crippen LogP contribution in [0.3, 0.4) is 0 Å².